The van der Waals surface area contributed by atoms with Gasteiger partial charge in [-0.05, 0) is 56.7 Å². The summed E-state index contributed by atoms with van der Waals surface area (Å²) in [7, 11) is -3.82. The van der Waals surface area contributed by atoms with Crippen LogP contribution in [0.2, 0.25) is 5.02 Å². The third-order valence-corrected chi connectivity index (χ3v) is 9.96. The smallest absolute Gasteiger partial charge is 0.244 e. The van der Waals surface area contributed by atoms with Crippen molar-refractivity contribution >= 4 is 33.2 Å². The SMILES string of the molecule is Cc1cc(N2C[C@H](S(=O)(=O)c3ccccc3Cl)C[C@H]2C(=O)NC2(C#N)CC2)n(CCCc2ccccc2)n1. The van der Waals surface area contributed by atoms with E-state index < -0.39 is 26.7 Å². The molecule has 1 saturated heterocycles. The third-order valence-electron chi connectivity index (χ3n) is 7.33. The summed E-state index contributed by atoms with van der Waals surface area (Å²) < 4.78 is 29.2. The van der Waals surface area contributed by atoms with Gasteiger partial charge in [0.25, 0.3) is 0 Å². The molecule has 1 aliphatic carbocycles. The molecule has 5 rings (SSSR count). The molecule has 10 heteroatoms. The fourth-order valence-electron chi connectivity index (χ4n) is 5.09. The second kappa shape index (κ2) is 10.4. The first-order valence-corrected chi connectivity index (χ1v) is 14.7. The number of halogens is 1. The van der Waals surface area contributed by atoms with Crippen LogP contribution in [0.3, 0.4) is 0 Å². The number of carbonyl (C=O) groups is 1. The summed E-state index contributed by atoms with van der Waals surface area (Å²) in [6, 6.07) is 19.9. The molecule has 0 radical (unpaired) electrons. The van der Waals surface area contributed by atoms with Crippen LogP contribution in [-0.2, 0) is 27.6 Å². The van der Waals surface area contributed by atoms with Crippen molar-refractivity contribution in [3.05, 3.63) is 76.9 Å². The van der Waals surface area contributed by atoms with Gasteiger partial charge in [-0.2, -0.15) is 10.4 Å². The van der Waals surface area contributed by atoms with E-state index in [9.17, 15) is 18.5 Å². The van der Waals surface area contributed by atoms with Gasteiger partial charge in [-0.3, -0.25) is 4.79 Å². The fraction of sp³-hybridized carbons (Fsp3) is 0.393. The number of hydrogen-bond acceptors (Lipinski definition) is 6. The van der Waals surface area contributed by atoms with Crippen LogP contribution in [0.15, 0.2) is 65.6 Å². The van der Waals surface area contributed by atoms with Crippen molar-refractivity contribution < 1.29 is 13.2 Å². The highest BCUT2D eigenvalue weighted by molar-refractivity contribution is 7.92. The summed E-state index contributed by atoms with van der Waals surface area (Å²) in [4.78, 5) is 15.4. The predicted molar refractivity (Wildman–Crippen MR) is 146 cm³/mol. The first-order valence-electron chi connectivity index (χ1n) is 12.8. The van der Waals surface area contributed by atoms with Crippen molar-refractivity contribution in [1.82, 2.24) is 15.1 Å². The molecule has 1 aliphatic heterocycles. The zero-order valence-electron chi connectivity index (χ0n) is 21.2. The molecule has 0 bridgehead atoms. The minimum absolute atomic E-state index is 0.0657. The van der Waals surface area contributed by atoms with Gasteiger partial charge >= 0.3 is 0 Å². The molecular formula is C28H30ClN5O3S. The van der Waals surface area contributed by atoms with Gasteiger partial charge in [0.1, 0.15) is 17.4 Å². The van der Waals surface area contributed by atoms with Crippen LogP contribution in [0.4, 0.5) is 5.82 Å². The monoisotopic (exact) mass is 551 g/mol. The molecule has 198 valence electrons. The van der Waals surface area contributed by atoms with Gasteiger partial charge in [0.15, 0.2) is 9.84 Å². The second-order valence-corrected chi connectivity index (χ2v) is 12.7. The number of anilines is 1. The molecule has 2 aromatic carbocycles. The Hall–Kier alpha value is -3.35. The third kappa shape index (κ3) is 5.29. The van der Waals surface area contributed by atoms with E-state index in [2.05, 4.69) is 28.6 Å². The highest BCUT2D eigenvalue weighted by Crippen LogP contribution is 2.38. The zero-order valence-corrected chi connectivity index (χ0v) is 22.8. The number of nitrogens with zero attached hydrogens (tertiary/aromatic N) is 4. The summed E-state index contributed by atoms with van der Waals surface area (Å²) in [5.41, 5.74) is 1.16. The van der Waals surface area contributed by atoms with Crippen LogP contribution >= 0.6 is 11.6 Å². The number of aromatic nitrogens is 2. The van der Waals surface area contributed by atoms with E-state index in [0.717, 1.165) is 18.5 Å². The molecule has 1 saturated carbocycles. The molecule has 2 aliphatic rings. The maximum absolute atomic E-state index is 13.7. The number of nitriles is 1. The second-order valence-electron chi connectivity index (χ2n) is 10.1. The van der Waals surface area contributed by atoms with Crippen LogP contribution < -0.4 is 10.2 Å². The van der Waals surface area contributed by atoms with Crippen molar-refractivity contribution in [2.24, 2.45) is 0 Å². The standard InChI is InChI=1S/C28H30ClN5O3S/c1-20-16-26(34(32-20)15-7-10-21-8-3-2-4-9-21)33-18-22(38(36,37)25-12-6-5-11-23(25)29)17-24(33)27(35)31-28(19-30)13-14-28/h2-6,8-9,11-12,16,22,24H,7,10,13-15,17-18H2,1H3,(H,31,35)/t22-,24+/m1/s1. The van der Waals surface area contributed by atoms with E-state index in [0.29, 0.717) is 25.2 Å². The van der Waals surface area contributed by atoms with Gasteiger partial charge in [-0.15, -0.1) is 0 Å². The maximum Gasteiger partial charge on any atom is 0.244 e. The van der Waals surface area contributed by atoms with Gasteiger partial charge in [0, 0.05) is 19.2 Å². The summed E-state index contributed by atoms with van der Waals surface area (Å²) in [6.45, 7) is 2.62. The molecule has 2 fully saturated rings. The Kier molecular flexibility index (Phi) is 7.21. The fourth-order valence-corrected chi connectivity index (χ4v) is 7.31. The minimum Gasteiger partial charge on any atom is -0.343 e. The molecule has 1 amide bonds. The normalized spacial score (nSPS) is 20.2. The average molecular weight is 552 g/mol. The van der Waals surface area contributed by atoms with Crippen molar-refractivity contribution in [2.75, 3.05) is 11.4 Å². The van der Waals surface area contributed by atoms with E-state index in [1.54, 1.807) is 18.2 Å². The van der Waals surface area contributed by atoms with Crippen LogP contribution in [0.1, 0.15) is 36.9 Å². The number of hydrogen-bond donors (Lipinski definition) is 1. The van der Waals surface area contributed by atoms with E-state index in [1.165, 1.54) is 11.6 Å². The average Bonchev–Trinajstić information content (AvgIpc) is 3.35. The molecule has 2 heterocycles. The van der Waals surface area contributed by atoms with E-state index in [-0.39, 0.29) is 28.8 Å². The molecule has 1 aromatic heterocycles. The number of carbonyl (C=O) groups excluding carboxylic acids is 1. The van der Waals surface area contributed by atoms with Gasteiger partial charge < -0.3 is 10.2 Å². The highest BCUT2D eigenvalue weighted by Gasteiger charge is 2.50. The lowest BCUT2D eigenvalue weighted by molar-refractivity contribution is -0.122. The lowest BCUT2D eigenvalue weighted by Crippen LogP contribution is -2.48. The summed E-state index contributed by atoms with van der Waals surface area (Å²) in [5, 5.41) is 16.4. The molecule has 2 atom stereocenters. The summed E-state index contributed by atoms with van der Waals surface area (Å²) in [6.07, 6.45) is 2.99. The Morgan fingerprint density at radius 3 is 2.58 bits per heavy atom. The minimum atomic E-state index is -3.82. The van der Waals surface area contributed by atoms with Crippen LogP contribution in [-0.4, -0.2) is 47.5 Å². The predicted octanol–water partition coefficient (Wildman–Crippen LogP) is 4.07. The molecule has 3 aromatic rings. The van der Waals surface area contributed by atoms with E-state index in [1.807, 2.05) is 40.8 Å². The van der Waals surface area contributed by atoms with Crippen LogP contribution in [0, 0.1) is 18.3 Å². The molecule has 38 heavy (non-hydrogen) atoms. The highest BCUT2D eigenvalue weighted by atomic mass is 35.5. The van der Waals surface area contributed by atoms with E-state index in [4.69, 9.17) is 11.6 Å². The van der Waals surface area contributed by atoms with Crippen molar-refractivity contribution in [2.45, 2.75) is 67.3 Å². The Balaban J connectivity index is 1.43. The lowest BCUT2D eigenvalue weighted by Gasteiger charge is -2.27. The number of rotatable bonds is 9. The zero-order chi connectivity index (χ0) is 26.9. The van der Waals surface area contributed by atoms with Crippen LogP contribution in [0.5, 0.6) is 0 Å². The molecule has 8 nitrogen and oxygen atoms in total. The van der Waals surface area contributed by atoms with Crippen molar-refractivity contribution in [1.29, 1.82) is 5.26 Å². The molecule has 1 N–H and O–H groups in total. The summed E-state index contributed by atoms with van der Waals surface area (Å²) in [5.74, 6) is 0.366. The quantitative estimate of drug-likeness (QED) is 0.429. The Morgan fingerprint density at radius 2 is 1.89 bits per heavy atom. The lowest BCUT2D eigenvalue weighted by atomic mass is 10.1. The topological polar surface area (TPSA) is 108 Å². The Morgan fingerprint density at radius 1 is 1.18 bits per heavy atom. The van der Waals surface area contributed by atoms with Crippen LogP contribution in [0.25, 0.3) is 0 Å². The number of aryl methyl sites for hydroxylation is 3. The number of sulfone groups is 1. The number of benzene rings is 2. The number of nitrogens with one attached hydrogen (secondary N) is 1. The first kappa shape index (κ1) is 26.3. The number of amides is 1. The molecular weight excluding hydrogens is 522 g/mol. The molecule has 0 spiro atoms. The molecule has 0 unspecified atom stereocenters. The first-order chi connectivity index (χ1) is 18.2. The largest absolute Gasteiger partial charge is 0.343 e. The maximum atomic E-state index is 13.7. The van der Waals surface area contributed by atoms with Crippen molar-refractivity contribution in [3.63, 3.8) is 0 Å². The van der Waals surface area contributed by atoms with Gasteiger partial charge in [-0.1, -0.05) is 54.1 Å². The van der Waals surface area contributed by atoms with Gasteiger partial charge in [0.05, 0.1) is 26.9 Å². The Bertz CT molecular complexity index is 1480. The van der Waals surface area contributed by atoms with E-state index >= 15 is 0 Å². The Labute approximate surface area is 228 Å². The summed E-state index contributed by atoms with van der Waals surface area (Å²) >= 11 is 6.27. The van der Waals surface area contributed by atoms with Crippen molar-refractivity contribution in [3.8, 4) is 6.07 Å². The van der Waals surface area contributed by atoms with Gasteiger partial charge in [-0.25, -0.2) is 13.1 Å². The van der Waals surface area contributed by atoms with Gasteiger partial charge in [0.2, 0.25) is 5.91 Å².